The molecule has 152 valence electrons. The Hall–Kier alpha value is -3.06. The number of carbonyl (C=O) groups excluding carboxylic acids is 1. The number of fused-ring (bicyclic) bond motifs is 1. The van der Waals surface area contributed by atoms with Gasteiger partial charge in [-0.25, -0.2) is 4.98 Å². The van der Waals surface area contributed by atoms with Crippen LogP contribution >= 0.6 is 11.3 Å². The summed E-state index contributed by atoms with van der Waals surface area (Å²) < 4.78 is 17.1. The first-order valence-corrected chi connectivity index (χ1v) is 9.99. The lowest BCUT2D eigenvalue weighted by molar-refractivity contribution is -0.114. The van der Waals surface area contributed by atoms with E-state index in [0.29, 0.717) is 28.9 Å². The van der Waals surface area contributed by atoms with Crippen LogP contribution in [-0.2, 0) is 4.79 Å². The summed E-state index contributed by atoms with van der Waals surface area (Å²) >= 11 is 1.51. The van der Waals surface area contributed by atoms with E-state index in [1.165, 1.54) is 17.4 Å². The number of amides is 1. The molecule has 1 heterocycles. The van der Waals surface area contributed by atoms with Crippen LogP contribution in [0, 0.1) is 6.92 Å². The molecular weight excluding hydrogens is 388 g/mol. The Kier molecular flexibility index (Phi) is 6.39. The molecule has 0 N–H and O–H groups in total. The lowest BCUT2D eigenvalue weighted by Gasteiger charge is -2.15. The van der Waals surface area contributed by atoms with Crippen molar-refractivity contribution < 1.29 is 19.0 Å². The highest BCUT2D eigenvalue weighted by molar-refractivity contribution is 7.22. The molecule has 0 saturated heterocycles. The second kappa shape index (κ2) is 8.96. The van der Waals surface area contributed by atoms with E-state index in [2.05, 4.69) is 4.98 Å². The Morgan fingerprint density at radius 1 is 1.14 bits per heavy atom. The largest absolute Gasteiger partial charge is 0.493 e. The van der Waals surface area contributed by atoms with Crippen LogP contribution in [0.1, 0.15) is 18.1 Å². The quantitative estimate of drug-likeness (QED) is 0.527. The summed E-state index contributed by atoms with van der Waals surface area (Å²) in [6, 6.07) is 9.63. The number of aromatic nitrogens is 1. The van der Waals surface area contributed by atoms with Crippen LogP contribution in [0.4, 0.5) is 5.13 Å². The number of methoxy groups -OCH3 is 3. The average molecular weight is 413 g/mol. The Bertz CT molecular complexity index is 1030. The fraction of sp³-hybridized carbons (Fsp3) is 0.273. The first kappa shape index (κ1) is 20.7. The Balaban J connectivity index is 1.89. The standard InChI is InChI=1S/C22H24N2O4S/c1-6-24(22-23-20-14(2)8-7-9-18(20)29-22)19(25)11-10-15-12-16(26-3)21(28-5)17(13-15)27-4/h7-13H,6H2,1-5H3. The van der Waals surface area contributed by atoms with Crippen molar-refractivity contribution in [1.82, 2.24) is 4.98 Å². The second-order valence-corrected chi connectivity index (χ2v) is 7.30. The molecule has 2 aromatic carbocycles. The van der Waals surface area contributed by atoms with Gasteiger partial charge in [-0.05, 0) is 49.2 Å². The summed E-state index contributed by atoms with van der Waals surface area (Å²) in [5.41, 5.74) is 2.80. The number of hydrogen-bond acceptors (Lipinski definition) is 6. The van der Waals surface area contributed by atoms with Gasteiger partial charge in [-0.2, -0.15) is 0 Å². The lowest BCUT2D eigenvalue weighted by Crippen LogP contribution is -2.28. The molecule has 0 aliphatic carbocycles. The van der Waals surface area contributed by atoms with Crippen molar-refractivity contribution in [2.24, 2.45) is 0 Å². The lowest BCUT2D eigenvalue weighted by atomic mass is 10.1. The monoisotopic (exact) mass is 412 g/mol. The highest BCUT2D eigenvalue weighted by Crippen LogP contribution is 2.38. The zero-order valence-electron chi connectivity index (χ0n) is 17.2. The second-order valence-electron chi connectivity index (χ2n) is 6.29. The van der Waals surface area contributed by atoms with E-state index in [1.807, 2.05) is 32.0 Å². The van der Waals surface area contributed by atoms with Crippen molar-refractivity contribution in [2.45, 2.75) is 13.8 Å². The van der Waals surface area contributed by atoms with Gasteiger partial charge in [0, 0.05) is 12.6 Å². The fourth-order valence-corrected chi connectivity index (χ4v) is 4.14. The normalized spacial score (nSPS) is 11.1. The number of benzene rings is 2. The van der Waals surface area contributed by atoms with Gasteiger partial charge in [0.25, 0.3) is 5.91 Å². The maximum absolute atomic E-state index is 12.9. The van der Waals surface area contributed by atoms with E-state index >= 15 is 0 Å². The van der Waals surface area contributed by atoms with Crippen LogP contribution in [0.15, 0.2) is 36.4 Å². The van der Waals surface area contributed by atoms with Crippen LogP contribution in [0.5, 0.6) is 17.2 Å². The number of anilines is 1. The number of likely N-dealkylation sites (N-methyl/N-ethyl adjacent to an activating group) is 1. The van der Waals surface area contributed by atoms with Crippen molar-refractivity contribution >= 4 is 38.7 Å². The predicted molar refractivity (Wildman–Crippen MR) is 118 cm³/mol. The van der Waals surface area contributed by atoms with Crippen LogP contribution in [0.3, 0.4) is 0 Å². The smallest absolute Gasteiger partial charge is 0.252 e. The van der Waals surface area contributed by atoms with E-state index < -0.39 is 0 Å². The minimum absolute atomic E-state index is 0.141. The van der Waals surface area contributed by atoms with E-state index in [0.717, 1.165) is 21.3 Å². The zero-order valence-corrected chi connectivity index (χ0v) is 18.0. The number of ether oxygens (including phenoxy) is 3. The summed E-state index contributed by atoms with van der Waals surface area (Å²) in [5, 5.41) is 0.691. The molecule has 29 heavy (non-hydrogen) atoms. The van der Waals surface area contributed by atoms with E-state index in [1.54, 1.807) is 44.4 Å². The van der Waals surface area contributed by atoms with Gasteiger partial charge in [-0.3, -0.25) is 9.69 Å². The van der Waals surface area contributed by atoms with Crippen molar-refractivity contribution in [2.75, 3.05) is 32.8 Å². The third kappa shape index (κ3) is 4.19. The molecule has 0 radical (unpaired) electrons. The summed E-state index contributed by atoms with van der Waals surface area (Å²) in [7, 11) is 4.67. The molecule has 0 spiro atoms. The zero-order chi connectivity index (χ0) is 21.0. The van der Waals surface area contributed by atoms with Crippen LogP contribution in [-0.4, -0.2) is 38.8 Å². The molecule has 0 atom stereocenters. The van der Waals surface area contributed by atoms with Gasteiger partial charge in [0.2, 0.25) is 5.75 Å². The first-order valence-electron chi connectivity index (χ1n) is 9.18. The third-order valence-electron chi connectivity index (χ3n) is 4.53. The van der Waals surface area contributed by atoms with Crippen molar-refractivity contribution in [1.29, 1.82) is 0 Å². The molecule has 0 fully saturated rings. The highest BCUT2D eigenvalue weighted by atomic mass is 32.1. The minimum atomic E-state index is -0.141. The Labute approximate surface area is 174 Å². The molecular formula is C22H24N2O4S. The number of para-hydroxylation sites is 1. The fourth-order valence-electron chi connectivity index (χ4n) is 3.03. The summed E-state index contributed by atoms with van der Waals surface area (Å²) in [4.78, 5) is 19.2. The maximum atomic E-state index is 12.9. The van der Waals surface area contributed by atoms with Gasteiger partial charge in [0.1, 0.15) is 0 Å². The molecule has 0 saturated carbocycles. The van der Waals surface area contributed by atoms with Crippen LogP contribution in [0.2, 0.25) is 0 Å². The number of aryl methyl sites for hydroxylation is 1. The van der Waals surface area contributed by atoms with Crippen LogP contribution < -0.4 is 19.1 Å². The van der Waals surface area contributed by atoms with E-state index in [-0.39, 0.29) is 5.91 Å². The third-order valence-corrected chi connectivity index (χ3v) is 5.57. The summed E-state index contributed by atoms with van der Waals surface area (Å²) in [6.07, 6.45) is 3.26. The molecule has 6 nitrogen and oxygen atoms in total. The highest BCUT2D eigenvalue weighted by Gasteiger charge is 2.17. The van der Waals surface area contributed by atoms with Crippen molar-refractivity contribution in [3.63, 3.8) is 0 Å². The molecule has 0 aliphatic rings. The number of carbonyl (C=O) groups is 1. The minimum Gasteiger partial charge on any atom is -0.493 e. The molecule has 0 unspecified atom stereocenters. The SMILES string of the molecule is CCN(C(=O)C=Cc1cc(OC)c(OC)c(OC)c1)c1nc2c(C)cccc2s1. The van der Waals surface area contributed by atoms with Gasteiger partial charge < -0.3 is 14.2 Å². The molecule has 3 aromatic rings. The Morgan fingerprint density at radius 3 is 2.38 bits per heavy atom. The van der Waals surface area contributed by atoms with Gasteiger partial charge in [0.05, 0.1) is 31.5 Å². The Morgan fingerprint density at radius 2 is 1.83 bits per heavy atom. The number of nitrogens with zero attached hydrogens (tertiary/aromatic N) is 2. The number of rotatable bonds is 7. The molecule has 1 amide bonds. The van der Waals surface area contributed by atoms with Gasteiger partial charge in [0.15, 0.2) is 16.6 Å². The molecule has 7 heteroatoms. The number of thiazole rings is 1. The van der Waals surface area contributed by atoms with Gasteiger partial charge >= 0.3 is 0 Å². The molecule has 0 bridgehead atoms. The van der Waals surface area contributed by atoms with E-state index in [9.17, 15) is 4.79 Å². The van der Waals surface area contributed by atoms with Gasteiger partial charge in [-0.1, -0.05) is 23.5 Å². The molecule has 3 rings (SSSR count). The first-order chi connectivity index (χ1) is 14.0. The topological polar surface area (TPSA) is 60.9 Å². The van der Waals surface area contributed by atoms with Crippen LogP contribution in [0.25, 0.3) is 16.3 Å². The maximum Gasteiger partial charge on any atom is 0.252 e. The molecule has 0 aliphatic heterocycles. The van der Waals surface area contributed by atoms with Gasteiger partial charge in [-0.15, -0.1) is 0 Å². The summed E-state index contributed by atoms with van der Waals surface area (Å²) in [5.74, 6) is 1.44. The van der Waals surface area contributed by atoms with E-state index in [4.69, 9.17) is 14.2 Å². The summed E-state index contributed by atoms with van der Waals surface area (Å²) in [6.45, 7) is 4.48. The number of hydrogen-bond donors (Lipinski definition) is 0. The predicted octanol–water partition coefficient (Wildman–Crippen LogP) is 4.70. The molecule has 1 aromatic heterocycles. The average Bonchev–Trinajstić information content (AvgIpc) is 3.17. The van der Waals surface area contributed by atoms with Crippen molar-refractivity contribution in [3.8, 4) is 17.2 Å². The van der Waals surface area contributed by atoms with Crippen molar-refractivity contribution in [3.05, 3.63) is 47.5 Å².